The summed E-state index contributed by atoms with van der Waals surface area (Å²) in [6.45, 7) is 21.0. The maximum Gasteiger partial charge on any atom is 0.221 e. The van der Waals surface area contributed by atoms with Crippen molar-refractivity contribution in [2.45, 2.75) is 104 Å². The Labute approximate surface area is 297 Å². The maximum absolute atomic E-state index is 16.6. The fraction of sp³-hybridized carbons (Fsp3) is 0.362. The second-order valence-corrected chi connectivity index (χ2v) is 15.8. The van der Waals surface area contributed by atoms with E-state index < -0.39 is 5.41 Å². The van der Waals surface area contributed by atoms with Gasteiger partial charge in [-0.3, -0.25) is 0 Å². The van der Waals surface area contributed by atoms with Crippen LogP contribution in [0, 0.1) is 11.7 Å². The number of nitrogens with zero attached hydrogens (tertiary/aromatic N) is 2. The summed E-state index contributed by atoms with van der Waals surface area (Å²) in [7, 11) is 0. The summed E-state index contributed by atoms with van der Waals surface area (Å²) >= 11 is 0. The van der Waals surface area contributed by atoms with Crippen LogP contribution in [0.15, 0.2) is 103 Å². The van der Waals surface area contributed by atoms with Crippen molar-refractivity contribution in [2.75, 3.05) is 0 Å². The molecular weight excluding hydrogens is 612 g/mol. The van der Waals surface area contributed by atoms with Crippen molar-refractivity contribution in [3.8, 4) is 11.3 Å². The Balaban J connectivity index is 1.47. The van der Waals surface area contributed by atoms with Gasteiger partial charge < -0.3 is 0 Å². The average molecular weight is 663 g/mol. The number of halogens is 1. The smallest absolute Gasteiger partial charge is 0.207 e. The Morgan fingerprint density at radius 2 is 1.72 bits per heavy atom. The molecule has 0 radical (unpaired) electrons. The van der Waals surface area contributed by atoms with Crippen molar-refractivity contribution in [3.63, 3.8) is 0 Å². The number of fused-ring (bicyclic) bond motifs is 3. The highest BCUT2D eigenvalue weighted by Crippen LogP contribution is 2.59. The molecule has 0 amide bonds. The van der Waals surface area contributed by atoms with E-state index in [1.165, 1.54) is 60.8 Å². The highest BCUT2D eigenvalue weighted by molar-refractivity contribution is 6.03. The molecule has 8 rings (SSSR count). The van der Waals surface area contributed by atoms with Crippen LogP contribution in [-0.4, -0.2) is 0 Å². The number of aromatic nitrogens is 2. The summed E-state index contributed by atoms with van der Waals surface area (Å²) in [5, 5.41) is 5.21. The molecule has 3 aliphatic rings. The SMILES string of the molecule is C=C(C)C=CC1=C(C)c2c3ccccc3cc[n+]2CC1C1c2ccc(F)c3c2-c2c4c(ccc(CCCC)c4cc[n+]2C1(CC)CC)C3(C)C. The number of hydrogen-bond donors (Lipinski definition) is 0. The zero-order valence-electron chi connectivity index (χ0n) is 31.0. The molecule has 0 saturated carbocycles. The van der Waals surface area contributed by atoms with E-state index in [9.17, 15) is 0 Å². The second-order valence-electron chi connectivity index (χ2n) is 15.8. The molecule has 0 bridgehead atoms. The van der Waals surface area contributed by atoms with Gasteiger partial charge in [0.05, 0.1) is 28.2 Å². The van der Waals surface area contributed by atoms with Crippen LogP contribution in [0.2, 0.25) is 0 Å². The number of unbranched alkanes of at least 4 members (excludes halogenated alkanes) is 1. The zero-order chi connectivity index (χ0) is 35.1. The van der Waals surface area contributed by atoms with Crippen LogP contribution < -0.4 is 9.13 Å². The van der Waals surface area contributed by atoms with Crippen molar-refractivity contribution in [1.82, 2.24) is 0 Å². The molecule has 2 aliphatic heterocycles. The van der Waals surface area contributed by atoms with Crippen molar-refractivity contribution < 1.29 is 13.5 Å². The third-order valence-electron chi connectivity index (χ3n) is 12.8. The number of benzene rings is 3. The first-order valence-corrected chi connectivity index (χ1v) is 18.9. The molecule has 1 aliphatic carbocycles. The molecule has 3 aromatic carbocycles. The topological polar surface area (TPSA) is 7.76 Å². The molecule has 50 heavy (non-hydrogen) atoms. The summed E-state index contributed by atoms with van der Waals surface area (Å²) in [5.74, 6) is 0.186. The lowest BCUT2D eigenvalue weighted by Gasteiger charge is -2.47. The molecule has 2 unspecified atom stereocenters. The van der Waals surface area contributed by atoms with Crippen LogP contribution in [-0.2, 0) is 23.9 Å². The number of pyridine rings is 2. The monoisotopic (exact) mass is 662 g/mol. The lowest BCUT2D eigenvalue weighted by molar-refractivity contribution is -0.766. The van der Waals surface area contributed by atoms with Gasteiger partial charge in [0.25, 0.3) is 0 Å². The molecule has 0 spiro atoms. The van der Waals surface area contributed by atoms with Gasteiger partial charge in [-0.15, -0.1) is 0 Å². The molecule has 0 fully saturated rings. The first-order valence-electron chi connectivity index (χ1n) is 18.9. The minimum absolute atomic E-state index is 0.0961. The molecule has 0 N–H and O–H groups in total. The molecule has 0 saturated heterocycles. The second kappa shape index (κ2) is 11.9. The fourth-order valence-electron chi connectivity index (χ4n) is 10.4. The molecule has 254 valence electrons. The molecule has 2 aromatic heterocycles. The highest BCUT2D eigenvalue weighted by Gasteiger charge is 2.59. The van der Waals surface area contributed by atoms with E-state index >= 15 is 4.39 Å². The standard InChI is InChI=1S/C47H51FN2/c1-9-12-15-31-19-22-38-40-34(31)25-27-50-45(40)41-36(21-23-39(48)43(41)46(38,7)8)42(47(50,10-2)11-3)37-28-49-26-24-32-16-13-14-17-35(32)44(49)30(6)33(37)20-18-29(4)5/h13-14,16-27,37,42H,4,9-12,15,28H2,1-3,5-8H3/q+2. The summed E-state index contributed by atoms with van der Waals surface area (Å²) in [4.78, 5) is 0. The van der Waals surface area contributed by atoms with E-state index in [2.05, 4.69) is 143 Å². The van der Waals surface area contributed by atoms with Gasteiger partial charge in [0, 0.05) is 41.5 Å². The largest absolute Gasteiger partial charge is 0.221 e. The van der Waals surface area contributed by atoms with Gasteiger partial charge in [-0.05, 0) is 71.9 Å². The van der Waals surface area contributed by atoms with Gasteiger partial charge in [-0.1, -0.05) is 102 Å². The predicted octanol–water partition coefficient (Wildman–Crippen LogP) is 11.2. The Morgan fingerprint density at radius 3 is 2.46 bits per heavy atom. The van der Waals surface area contributed by atoms with E-state index in [0.717, 1.165) is 55.3 Å². The van der Waals surface area contributed by atoms with Gasteiger partial charge in [-0.25, -0.2) is 4.39 Å². The highest BCUT2D eigenvalue weighted by atomic mass is 19.1. The number of hydrogen-bond acceptors (Lipinski definition) is 0. The molecular formula is C47H51FN2+2. The first kappa shape index (κ1) is 32.8. The van der Waals surface area contributed by atoms with Crippen molar-refractivity contribution in [2.24, 2.45) is 5.92 Å². The Hall–Kier alpha value is -4.37. The van der Waals surface area contributed by atoms with Crippen LogP contribution in [0.1, 0.15) is 108 Å². The Morgan fingerprint density at radius 1 is 0.940 bits per heavy atom. The third-order valence-corrected chi connectivity index (χ3v) is 12.8. The molecule has 2 nitrogen and oxygen atoms in total. The first-order chi connectivity index (χ1) is 24.1. The predicted molar refractivity (Wildman–Crippen MR) is 206 cm³/mol. The van der Waals surface area contributed by atoms with Crippen molar-refractivity contribution in [1.29, 1.82) is 0 Å². The van der Waals surface area contributed by atoms with Crippen LogP contribution in [0.5, 0.6) is 0 Å². The fourth-order valence-corrected chi connectivity index (χ4v) is 10.4. The Kier molecular flexibility index (Phi) is 7.78. The maximum atomic E-state index is 16.6. The third kappa shape index (κ3) is 4.44. The quantitative estimate of drug-likeness (QED) is 0.115. The van der Waals surface area contributed by atoms with Crippen LogP contribution >= 0.6 is 0 Å². The van der Waals surface area contributed by atoms with E-state index in [0.29, 0.717) is 0 Å². The van der Waals surface area contributed by atoms with E-state index in [1.54, 1.807) is 6.07 Å². The minimum Gasteiger partial charge on any atom is -0.207 e. The lowest BCUT2D eigenvalue weighted by atomic mass is 9.58. The van der Waals surface area contributed by atoms with Gasteiger partial charge in [0.1, 0.15) is 5.82 Å². The summed E-state index contributed by atoms with van der Waals surface area (Å²) in [6, 6.07) is 22.0. The molecule has 5 aromatic rings. The number of aryl methyl sites for hydroxylation is 1. The summed E-state index contributed by atoms with van der Waals surface area (Å²) in [5.41, 5.74) is 11.5. The molecule has 2 atom stereocenters. The van der Waals surface area contributed by atoms with Crippen LogP contribution in [0.25, 0.3) is 38.4 Å². The van der Waals surface area contributed by atoms with Gasteiger partial charge in [0.15, 0.2) is 24.5 Å². The average Bonchev–Trinajstić information content (AvgIpc) is 3.11. The molecule has 3 heteroatoms. The number of rotatable bonds is 8. The summed E-state index contributed by atoms with van der Waals surface area (Å²) < 4.78 is 21.7. The van der Waals surface area contributed by atoms with E-state index in [-0.39, 0.29) is 23.2 Å². The Bertz CT molecular complexity index is 2300. The van der Waals surface area contributed by atoms with Crippen molar-refractivity contribution in [3.05, 3.63) is 137 Å². The van der Waals surface area contributed by atoms with Gasteiger partial charge in [-0.2, -0.15) is 9.13 Å². The minimum atomic E-state index is -0.479. The van der Waals surface area contributed by atoms with E-state index in [4.69, 9.17) is 0 Å². The lowest BCUT2D eigenvalue weighted by Crippen LogP contribution is -2.65. The zero-order valence-corrected chi connectivity index (χ0v) is 31.0. The van der Waals surface area contributed by atoms with Gasteiger partial charge >= 0.3 is 0 Å². The summed E-state index contributed by atoms with van der Waals surface area (Å²) in [6.07, 6.45) is 14.5. The molecule has 4 heterocycles. The van der Waals surface area contributed by atoms with Crippen molar-refractivity contribution >= 4 is 27.1 Å². The normalized spacial score (nSPS) is 19.8. The van der Waals surface area contributed by atoms with E-state index in [1.807, 2.05) is 0 Å². The number of allylic oxidation sites excluding steroid dienone is 5. The van der Waals surface area contributed by atoms with Gasteiger partial charge in [0.2, 0.25) is 11.4 Å². The van der Waals surface area contributed by atoms with Crippen LogP contribution in [0.3, 0.4) is 0 Å². The van der Waals surface area contributed by atoms with Crippen LogP contribution in [0.4, 0.5) is 4.39 Å².